The van der Waals surface area contributed by atoms with Crippen LogP contribution in [-0.4, -0.2) is 30.1 Å². The smallest absolute Gasteiger partial charge is 0.0246 e. The lowest BCUT2D eigenvalue weighted by Crippen LogP contribution is -2.53. The van der Waals surface area contributed by atoms with Crippen LogP contribution >= 0.6 is 0 Å². The first-order valence-electron chi connectivity index (χ1n) is 7.20. The van der Waals surface area contributed by atoms with Crippen molar-refractivity contribution >= 4 is 0 Å². The SMILES string of the molecule is CCCC(CCC)N1CCCC(C)C1CN. The number of nitrogens with two attached hydrogens (primary N) is 1. The first kappa shape index (κ1) is 14.0. The van der Waals surface area contributed by atoms with Crippen molar-refractivity contribution in [2.24, 2.45) is 11.7 Å². The van der Waals surface area contributed by atoms with Gasteiger partial charge in [-0.15, -0.1) is 0 Å². The van der Waals surface area contributed by atoms with Gasteiger partial charge in [-0.2, -0.15) is 0 Å². The van der Waals surface area contributed by atoms with E-state index in [2.05, 4.69) is 25.7 Å². The van der Waals surface area contributed by atoms with Crippen LogP contribution in [0.25, 0.3) is 0 Å². The van der Waals surface area contributed by atoms with E-state index in [0.29, 0.717) is 6.04 Å². The zero-order chi connectivity index (χ0) is 12.0. The highest BCUT2D eigenvalue weighted by Gasteiger charge is 2.31. The maximum absolute atomic E-state index is 5.97. The fourth-order valence-corrected chi connectivity index (χ4v) is 3.24. The van der Waals surface area contributed by atoms with Crippen LogP contribution in [0.1, 0.15) is 59.3 Å². The van der Waals surface area contributed by atoms with Crippen molar-refractivity contribution in [2.75, 3.05) is 13.1 Å². The average molecular weight is 226 g/mol. The van der Waals surface area contributed by atoms with Crippen molar-refractivity contribution in [3.05, 3.63) is 0 Å². The van der Waals surface area contributed by atoms with Crippen molar-refractivity contribution in [3.63, 3.8) is 0 Å². The molecule has 0 amide bonds. The van der Waals surface area contributed by atoms with Gasteiger partial charge in [0, 0.05) is 18.6 Å². The van der Waals surface area contributed by atoms with Crippen molar-refractivity contribution in [1.82, 2.24) is 4.90 Å². The lowest BCUT2D eigenvalue weighted by atomic mass is 9.88. The topological polar surface area (TPSA) is 29.3 Å². The van der Waals surface area contributed by atoms with Crippen molar-refractivity contribution in [2.45, 2.75) is 71.4 Å². The quantitative estimate of drug-likeness (QED) is 0.754. The molecule has 2 heteroatoms. The number of hydrogen-bond donors (Lipinski definition) is 1. The number of nitrogens with zero attached hydrogens (tertiary/aromatic N) is 1. The zero-order valence-corrected chi connectivity index (χ0v) is 11.4. The second-order valence-electron chi connectivity index (χ2n) is 5.39. The van der Waals surface area contributed by atoms with Crippen LogP contribution in [0, 0.1) is 5.92 Å². The average Bonchev–Trinajstić information content (AvgIpc) is 2.28. The van der Waals surface area contributed by atoms with Gasteiger partial charge >= 0.3 is 0 Å². The lowest BCUT2D eigenvalue weighted by Gasteiger charge is -2.44. The van der Waals surface area contributed by atoms with Gasteiger partial charge in [0.2, 0.25) is 0 Å². The minimum atomic E-state index is 0.636. The summed E-state index contributed by atoms with van der Waals surface area (Å²) in [4.78, 5) is 2.72. The molecule has 0 radical (unpaired) electrons. The summed E-state index contributed by atoms with van der Waals surface area (Å²) >= 11 is 0. The molecule has 2 unspecified atom stereocenters. The van der Waals surface area contributed by atoms with Gasteiger partial charge < -0.3 is 5.73 Å². The minimum absolute atomic E-state index is 0.636. The van der Waals surface area contributed by atoms with Crippen LogP contribution in [0.3, 0.4) is 0 Å². The van der Waals surface area contributed by atoms with E-state index in [1.54, 1.807) is 0 Å². The van der Waals surface area contributed by atoms with E-state index in [1.807, 2.05) is 0 Å². The molecule has 1 heterocycles. The first-order chi connectivity index (χ1) is 7.74. The zero-order valence-electron chi connectivity index (χ0n) is 11.4. The summed E-state index contributed by atoms with van der Waals surface area (Å²) in [7, 11) is 0. The Hall–Kier alpha value is -0.0800. The Balaban J connectivity index is 2.63. The number of piperidine rings is 1. The van der Waals surface area contributed by atoms with Gasteiger partial charge in [0.25, 0.3) is 0 Å². The standard InChI is InChI=1S/C14H30N2/c1-4-7-13(8-5-2)16-10-6-9-12(3)14(16)11-15/h12-14H,4-11,15H2,1-3H3. The third-order valence-electron chi connectivity index (χ3n) is 4.11. The largest absolute Gasteiger partial charge is 0.329 e. The Kier molecular flexibility index (Phi) is 6.37. The van der Waals surface area contributed by atoms with Crippen LogP contribution in [0.5, 0.6) is 0 Å². The summed E-state index contributed by atoms with van der Waals surface area (Å²) in [5, 5.41) is 0. The molecule has 0 aromatic rings. The van der Waals surface area contributed by atoms with Crippen molar-refractivity contribution in [1.29, 1.82) is 0 Å². The van der Waals surface area contributed by atoms with E-state index in [0.717, 1.165) is 18.5 Å². The van der Waals surface area contributed by atoms with E-state index in [1.165, 1.54) is 45.1 Å². The number of hydrogen-bond acceptors (Lipinski definition) is 2. The molecule has 2 nitrogen and oxygen atoms in total. The molecule has 0 saturated carbocycles. The maximum Gasteiger partial charge on any atom is 0.0246 e. The van der Waals surface area contributed by atoms with Crippen molar-refractivity contribution in [3.8, 4) is 0 Å². The molecule has 1 aliphatic heterocycles. The third-order valence-corrected chi connectivity index (χ3v) is 4.11. The van der Waals surface area contributed by atoms with Crippen LogP contribution in [0.2, 0.25) is 0 Å². The fourth-order valence-electron chi connectivity index (χ4n) is 3.24. The predicted molar refractivity (Wildman–Crippen MR) is 71.6 cm³/mol. The Morgan fingerprint density at radius 2 is 1.88 bits per heavy atom. The van der Waals surface area contributed by atoms with E-state index in [-0.39, 0.29) is 0 Å². The maximum atomic E-state index is 5.97. The summed E-state index contributed by atoms with van der Waals surface area (Å²) < 4.78 is 0. The van der Waals surface area contributed by atoms with Gasteiger partial charge in [-0.25, -0.2) is 0 Å². The lowest BCUT2D eigenvalue weighted by molar-refractivity contribution is 0.0535. The predicted octanol–water partition coefficient (Wildman–Crippen LogP) is 3.01. The Morgan fingerprint density at radius 3 is 2.38 bits per heavy atom. The van der Waals surface area contributed by atoms with Crippen LogP contribution < -0.4 is 5.73 Å². The number of likely N-dealkylation sites (tertiary alicyclic amines) is 1. The van der Waals surface area contributed by atoms with Crippen LogP contribution in [0.15, 0.2) is 0 Å². The monoisotopic (exact) mass is 226 g/mol. The molecule has 2 atom stereocenters. The fraction of sp³-hybridized carbons (Fsp3) is 1.00. The normalized spacial score (nSPS) is 27.6. The Labute approximate surface area is 102 Å². The summed E-state index contributed by atoms with van der Waals surface area (Å²) in [5.74, 6) is 0.787. The van der Waals surface area contributed by atoms with E-state index in [9.17, 15) is 0 Å². The summed E-state index contributed by atoms with van der Waals surface area (Å²) in [6.45, 7) is 9.08. The van der Waals surface area contributed by atoms with Crippen LogP contribution in [0.4, 0.5) is 0 Å². The first-order valence-corrected chi connectivity index (χ1v) is 7.20. The molecule has 96 valence electrons. The molecule has 0 aromatic carbocycles. The summed E-state index contributed by atoms with van der Waals surface area (Å²) in [6, 6.07) is 1.42. The molecule has 1 aliphatic rings. The summed E-state index contributed by atoms with van der Waals surface area (Å²) in [6.07, 6.45) is 8.01. The van der Waals surface area contributed by atoms with Crippen LogP contribution in [-0.2, 0) is 0 Å². The Morgan fingerprint density at radius 1 is 1.25 bits per heavy atom. The third kappa shape index (κ3) is 3.46. The van der Waals surface area contributed by atoms with Gasteiger partial charge in [-0.1, -0.05) is 33.6 Å². The summed E-state index contributed by atoms with van der Waals surface area (Å²) in [5.41, 5.74) is 5.97. The molecule has 2 N–H and O–H groups in total. The van der Waals surface area contributed by atoms with Crippen molar-refractivity contribution < 1.29 is 0 Å². The number of rotatable bonds is 6. The van der Waals surface area contributed by atoms with Gasteiger partial charge in [0.1, 0.15) is 0 Å². The highest BCUT2D eigenvalue weighted by atomic mass is 15.2. The molecule has 0 aromatic heterocycles. The van der Waals surface area contributed by atoms with Gasteiger partial charge in [-0.3, -0.25) is 4.90 Å². The molecule has 0 spiro atoms. The van der Waals surface area contributed by atoms with Gasteiger partial charge in [0.05, 0.1) is 0 Å². The highest BCUT2D eigenvalue weighted by Crippen LogP contribution is 2.27. The molecule has 0 bridgehead atoms. The Bertz CT molecular complexity index is 176. The minimum Gasteiger partial charge on any atom is -0.329 e. The molecule has 0 aliphatic carbocycles. The second kappa shape index (κ2) is 7.29. The molecular formula is C14H30N2. The van der Waals surface area contributed by atoms with E-state index in [4.69, 9.17) is 5.73 Å². The molecule has 1 rings (SSSR count). The van der Waals surface area contributed by atoms with E-state index >= 15 is 0 Å². The van der Waals surface area contributed by atoms with E-state index < -0.39 is 0 Å². The van der Waals surface area contributed by atoms with Gasteiger partial charge in [-0.05, 0) is 38.1 Å². The molecule has 16 heavy (non-hydrogen) atoms. The molecule has 1 fully saturated rings. The van der Waals surface area contributed by atoms with Gasteiger partial charge in [0.15, 0.2) is 0 Å². The highest BCUT2D eigenvalue weighted by molar-refractivity contribution is 4.87. The molecule has 1 saturated heterocycles. The molecular weight excluding hydrogens is 196 g/mol. The second-order valence-corrected chi connectivity index (χ2v) is 5.39.